The van der Waals surface area contributed by atoms with E-state index in [9.17, 15) is 4.79 Å². The van der Waals surface area contributed by atoms with Crippen LogP contribution >= 0.6 is 11.6 Å². The zero-order valence-corrected chi connectivity index (χ0v) is 13.2. The number of nitrogens with two attached hydrogens (primary N) is 1. The van der Waals surface area contributed by atoms with Crippen molar-refractivity contribution in [2.75, 3.05) is 5.32 Å². The fraction of sp³-hybridized carbons (Fsp3) is 0.250. The number of benzene rings is 1. The van der Waals surface area contributed by atoms with Crippen LogP contribution in [0.25, 0.3) is 0 Å². The van der Waals surface area contributed by atoms with Crippen molar-refractivity contribution in [3.05, 3.63) is 53.3 Å². The highest BCUT2D eigenvalue weighted by molar-refractivity contribution is 6.32. The van der Waals surface area contributed by atoms with E-state index in [1.165, 1.54) is 0 Å². The van der Waals surface area contributed by atoms with Gasteiger partial charge in [0.15, 0.2) is 0 Å². The molecule has 3 N–H and O–H groups in total. The van der Waals surface area contributed by atoms with E-state index in [4.69, 9.17) is 22.1 Å². The molecule has 0 aliphatic carbocycles. The van der Waals surface area contributed by atoms with Gasteiger partial charge in [0.25, 0.3) is 0 Å². The van der Waals surface area contributed by atoms with E-state index < -0.39 is 5.54 Å². The van der Waals surface area contributed by atoms with E-state index in [-0.39, 0.29) is 5.91 Å². The lowest BCUT2D eigenvalue weighted by molar-refractivity contribution is -0.120. The average molecular weight is 320 g/mol. The topological polar surface area (TPSA) is 77.2 Å². The molecule has 0 bridgehead atoms. The van der Waals surface area contributed by atoms with Crippen molar-refractivity contribution in [3.63, 3.8) is 0 Å². The molecule has 116 valence electrons. The molecule has 1 heterocycles. The number of rotatable bonds is 5. The number of nitrogens with zero attached hydrogens (tertiary/aromatic N) is 1. The molecule has 22 heavy (non-hydrogen) atoms. The fourth-order valence-electron chi connectivity index (χ4n) is 1.63. The third kappa shape index (κ3) is 4.44. The molecule has 0 unspecified atom stereocenters. The molecule has 0 aliphatic heterocycles. The first kappa shape index (κ1) is 16.3. The number of hydrogen-bond acceptors (Lipinski definition) is 4. The molecule has 0 saturated heterocycles. The van der Waals surface area contributed by atoms with Gasteiger partial charge in [0.05, 0.1) is 10.6 Å². The van der Waals surface area contributed by atoms with Crippen molar-refractivity contribution in [1.29, 1.82) is 0 Å². The van der Waals surface area contributed by atoms with E-state index in [1.54, 1.807) is 44.4 Å². The number of amides is 1. The van der Waals surface area contributed by atoms with E-state index in [1.807, 2.05) is 12.1 Å². The molecule has 0 fully saturated rings. The van der Waals surface area contributed by atoms with Gasteiger partial charge in [-0.25, -0.2) is 0 Å². The summed E-state index contributed by atoms with van der Waals surface area (Å²) in [4.78, 5) is 15.8. The Balaban J connectivity index is 2.02. The second-order valence-corrected chi connectivity index (χ2v) is 5.88. The van der Waals surface area contributed by atoms with Crippen molar-refractivity contribution in [2.45, 2.75) is 26.0 Å². The summed E-state index contributed by atoms with van der Waals surface area (Å²) in [5.74, 6) is 0.253. The second-order valence-electron chi connectivity index (χ2n) is 5.47. The molecule has 1 aromatic heterocycles. The molecule has 2 aromatic rings. The van der Waals surface area contributed by atoms with Crippen LogP contribution in [0.2, 0.25) is 5.02 Å². The minimum atomic E-state index is -0.956. The van der Waals surface area contributed by atoms with Crippen LogP contribution in [-0.2, 0) is 11.4 Å². The maximum absolute atomic E-state index is 11.8. The molecule has 2 rings (SSSR count). The van der Waals surface area contributed by atoms with Crippen molar-refractivity contribution in [2.24, 2.45) is 5.73 Å². The SMILES string of the molecule is CC(C)(N)C(=O)Nc1ccc(OCc2cccnc2)c(Cl)c1. The third-order valence-electron chi connectivity index (χ3n) is 2.89. The maximum Gasteiger partial charge on any atom is 0.243 e. The Kier molecular flexibility index (Phi) is 5.00. The summed E-state index contributed by atoms with van der Waals surface area (Å²) in [6.45, 7) is 3.64. The van der Waals surface area contributed by atoms with Crippen LogP contribution in [0.3, 0.4) is 0 Å². The van der Waals surface area contributed by atoms with E-state index >= 15 is 0 Å². The van der Waals surface area contributed by atoms with Gasteiger partial charge < -0.3 is 15.8 Å². The lowest BCUT2D eigenvalue weighted by atomic mass is 10.1. The van der Waals surface area contributed by atoms with Gasteiger partial charge in [-0.2, -0.15) is 0 Å². The largest absolute Gasteiger partial charge is 0.487 e. The number of anilines is 1. The van der Waals surface area contributed by atoms with Crippen molar-refractivity contribution >= 4 is 23.2 Å². The second kappa shape index (κ2) is 6.77. The first-order chi connectivity index (χ1) is 10.4. The molecule has 1 amide bonds. The molecular weight excluding hydrogens is 302 g/mol. The quantitative estimate of drug-likeness (QED) is 0.888. The lowest BCUT2D eigenvalue weighted by Crippen LogP contribution is -2.45. The monoisotopic (exact) mass is 319 g/mol. The molecule has 1 aromatic carbocycles. The molecule has 0 aliphatic rings. The summed E-state index contributed by atoms with van der Waals surface area (Å²) >= 11 is 6.17. The van der Waals surface area contributed by atoms with E-state index in [0.717, 1.165) is 5.56 Å². The summed E-state index contributed by atoms with van der Waals surface area (Å²) in [6, 6.07) is 8.81. The van der Waals surface area contributed by atoms with Gasteiger partial charge in [0, 0.05) is 23.6 Å². The van der Waals surface area contributed by atoms with Crippen molar-refractivity contribution in [1.82, 2.24) is 4.98 Å². The smallest absolute Gasteiger partial charge is 0.243 e. The number of ether oxygens (including phenoxy) is 1. The number of nitrogens with one attached hydrogen (secondary N) is 1. The highest BCUT2D eigenvalue weighted by Crippen LogP contribution is 2.28. The van der Waals surface area contributed by atoms with Gasteiger partial charge in [0.1, 0.15) is 12.4 Å². The molecule has 0 spiro atoms. The highest BCUT2D eigenvalue weighted by atomic mass is 35.5. The predicted molar refractivity (Wildman–Crippen MR) is 86.9 cm³/mol. The summed E-state index contributed by atoms with van der Waals surface area (Å²) in [5, 5.41) is 3.12. The Morgan fingerprint density at radius 3 is 2.77 bits per heavy atom. The summed E-state index contributed by atoms with van der Waals surface area (Å²) in [5.41, 5.74) is 6.29. The molecule has 0 atom stereocenters. The number of pyridine rings is 1. The fourth-order valence-corrected chi connectivity index (χ4v) is 1.87. The Labute approximate surface area is 134 Å². The maximum atomic E-state index is 11.8. The Morgan fingerprint density at radius 1 is 1.41 bits per heavy atom. The van der Waals surface area contributed by atoms with Gasteiger partial charge >= 0.3 is 0 Å². The van der Waals surface area contributed by atoms with Crippen LogP contribution in [0.15, 0.2) is 42.7 Å². The Bertz CT molecular complexity index is 654. The molecular formula is C16H18ClN3O2. The summed E-state index contributed by atoms with van der Waals surface area (Å²) in [6.07, 6.45) is 3.43. The van der Waals surface area contributed by atoms with Crippen LogP contribution in [0.4, 0.5) is 5.69 Å². The van der Waals surface area contributed by atoms with Gasteiger partial charge in [-0.15, -0.1) is 0 Å². The van der Waals surface area contributed by atoms with Crippen LogP contribution in [0.5, 0.6) is 5.75 Å². The van der Waals surface area contributed by atoms with Gasteiger partial charge in [-0.1, -0.05) is 17.7 Å². The number of aromatic nitrogens is 1. The summed E-state index contributed by atoms with van der Waals surface area (Å²) < 4.78 is 5.64. The number of hydrogen-bond donors (Lipinski definition) is 2. The minimum Gasteiger partial charge on any atom is -0.487 e. The van der Waals surface area contributed by atoms with E-state index in [2.05, 4.69) is 10.3 Å². The molecule has 6 heteroatoms. The van der Waals surface area contributed by atoms with Crippen LogP contribution in [-0.4, -0.2) is 16.4 Å². The minimum absolute atomic E-state index is 0.285. The first-order valence-corrected chi connectivity index (χ1v) is 7.15. The van der Waals surface area contributed by atoms with E-state index in [0.29, 0.717) is 23.1 Å². The van der Waals surface area contributed by atoms with Crippen molar-refractivity contribution in [3.8, 4) is 5.75 Å². The number of halogens is 1. The van der Waals surface area contributed by atoms with Crippen molar-refractivity contribution < 1.29 is 9.53 Å². The lowest BCUT2D eigenvalue weighted by Gasteiger charge is -2.18. The van der Waals surface area contributed by atoms with Gasteiger partial charge in [-0.05, 0) is 38.1 Å². The summed E-state index contributed by atoms with van der Waals surface area (Å²) in [7, 11) is 0. The first-order valence-electron chi connectivity index (χ1n) is 6.78. The average Bonchev–Trinajstić information content (AvgIpc) is 2.46. The normalized spacial score (nSPS) is 11.1. The molecule has 0 radical (unpaired) electrons. The predicted octanol–water partition coefficient (Wildman–Crippen LogP) is 2.99. The van der Waals surface area contributed by atoms with Gasteiger partial charge in [0.2, 0.25) is 5.91 Å². The third-order valence-corrected chi connectivity index (χ3v) is 3.19. The Morgan fingerprint density at radius 2 is 2.18 bits per heavy atom. The van der Waals surface area contributed by atoms with Crippen LogP contribution in [0, 0.1) is 0 Å². The number of carbonyl (C=O) groups is 1. The van der Waals surface area contributed by atoms with Gasteiger partial charge in [-0.3, -0.25) is 9.78 Å². The zero-order valence-electron chi connectivity index (χ0n) is 12.5. The molecule has 0 saturated carbocycles. The number of carbonyl (C=O) groups excluding carboxylic acids is 1. The zero-order chi connectivity index (χ0) is 16.2. The van der Waals surface area contributed by atoms with Crippen LogP contribution in [0.1, 0.15) is 19.4 Å². The van der Waals surface area contributed by atoms with Crippen LogP contribution < -0.4 is 15.8 Å². The highest BCUT2D eigenvalue weighted by Gasteiger charge is 2.22. The Hall–Kier alpha value is -2.11. The molecule has 5 nitrogen and oxygen atoms in total. The standard InChI is InChI=1S/C16H18ClN3O2/c1-16(2,18)15(21)20-12-5-6-14(13(17)8-12)22-10-11-4-3-7-19-9-11/h3-9H,10,18H2,1-2H3,(H,20,21).